The third-order valence-electron chi connectivity index (χ3n) is 4.46. The molecule has 0 spiro atoms. The fourth-order valence-corrected chi connectivity index (χ4v) is 3.22. The molecule has 2 unspecified atom stereocenters. The summed E-state index contributed by atoms with van der Waals surface area (Å²) in [5.41, 5.74) is 0. The monoisotopic (exact) mass is 293 g/mol. The molecule has 0 aromatic carbocycles. The lowest BCUT2D eigenvalue weighted by Crippen LogP contribution is -2.43. The first kappa shape index (κ1) is 14.4. The van der Waals surface area contributed by atoms with Crippen LogP contribution in [-0.4, -0.2) is 39.2 Å². The van der Waals surface area contributed by atoms with Crippen molar-refractivity contribution in [1.29, 1.82) is 0 Å². The number of tetrazole rings is 1. The second-order valence-corrected chi connectivity index (χ2v) is 6.01. The van der Waals surface area contributed by atoms with Gasteiger partial charge in [0.1, 0.15) is 6.10 Å². The number of H-pyrrole nitrogens is 1. The summed E-state index contributed by atoms with van der Waals surface area (Å²) in [5.74, 6) is 1.32. The number of hydrogen-bond donors (Lipinski definition) is 2. The number of aromatic nitrogens is 4. The quantitative estimate of drug-likeness (QED) is 0.792. The number of aromatic amines is 1. The topological polar surface area (TPSA) is 92.8 Å². The zero-order valence-corrected chi connectivity index (χ0v) is 12.4. The highest BCUT2D eigenvalue weighted by Crippen LogP contribution is 2.40. The Kier molecular flexibility index (Phi) is 4.48. The Bertz CT molecular complexity index is 454. The zero-order valence-electron chi connectivity index (χ0n) is 12.4. The van der Waals surface area contributed by atoms with Crippen molar-refractivity contribution < 1.29 is 9.53 Å². The van der Waals surface area contributed by atoms with Crippen LogP contribution >= 0.6 is 0 Å². The average molecular weight is 293 g/mol. The van der Waals surface area contributed by atoms with Crippen LogP contribution < -0.4 is 5.32 Å². The van der Waals surface area contributed by atoms with Gasteiger partial charge in [-0.1, -0.05) is 18.1 Å². The van der Waals surface area contributed by atoms with Crippen molar-refractivity contribution in [2.75, 3.05) is 6.61 Å². The van der Waals surface area contributed by atoms with E-state index < -0.39 is 0 Å². The summed E-state index contributed by atoms with van der Waals surface area (Å²) in [4.78, 5) is 12.6. The Morgan fingerprint density at radius 1 is 1.33 bits per heavy atom. The van der Waals surface area contributed by atoms with Crippen molar-refractivity contribution in [1.82, 2.24) is 25.9 Å². The first-order valence-corrected chi connectivity index (χ1v) is 7.95. The molecule has 2 atom stereocenters. The van der Waals surface area contributed by atoms with E-state index in [4.69, 9.17) is 4.74 Å². The fraction of sp³-hybridized carbons (Fsp3) is 0.857. The first-order valence-electron chi connectivity index (χ1n) is 7.95. The van der Waals surface area contributed by atoms with Crippen LogP contribution in [0.4, 0.5) is 0 Å². The zero-order chi connectivity index (χ0) is 14.7. The van der Waals surface area contributed by atoms with Crippen LogP contribution in [0.5, 0.6) is 0 Å². The number of nitrogens with zero attached hydrogens (tertiary/aromatic N) is 3. The molecule has 0 saturated heterocycles. The number of ether oxygens (including phenoxy) is 1. The Morgan fingerprint density at radius 3 is 2.67 bits per heavy atom. The molecule has 2 saturated carbocycles. The normalized spacial score (nSPS) is 22.1. The molecule has 116 valence electrons. The Balaban J connectivity index is 1.67. The Labute approximate surface area is 124 Å². The maximum Gasteiger partial charge on any atom is 0.250 e. The van der Waals surface area contributed by atoms with Gasteiger partial charge in [-0.05, 0) is 44.4 Å². The molecule has 0 aliphatic heterocycles. The molecule has 3 rings (SSSR count). The molecule has 2 aliphatic rings. The van der Waals surface area contributed by atoms with Crippen LogP contribution in [-0.2, 0) is 9.53 Å². The lowest BCUT2D eigenvalue weighted by Gasteiger charge is -2.24. The minimum Gasteiger partial charge on any atom is -0.368 e. The van der Waals surface area contributed by atoms with E-state index in [1.165, 1.54) is 12.8 Å². The van der Waals surface area contributed by atoms with Gasteiger partial charge in [0.25, 0.3) is 0 Å². The van der Waals surface area contributed by atoms with Crippen molar-refractivity contribution in [2.24, 2.45) is 11.8 Å². The van der Waals surface area contributed by atoms with E-state index in [-0.39, 0.29) is 18.1 Å². The lowest BCUT2D eigenvalue weighted by molar-refractivity contribution is -0.137. The van der Waals surface area contributed by atoms with Crippen molar-refractivity contribution in [3.63, 3.8) is 0 Å². The molecule has 7 heteroatoms. The summed E-state index contributed by atoms with van der Waals surface area (Å²) in [6.07, 6.45) is 6.40. The van der Waals surface area contributed by atoms with Crippen LogP contribution in [0.2, 0.25) is 0 Å². The second-order valence-electron chi connectivity index (χ2n) is 6.01. The molecule has 0 bridgehead atoms. The van der Waals surface area contributed by atoms with Gasteiger partial charge in [-0.2, -0.15) is 5.21 Å². The molecule has 1 aromatic rings. The van der Waals surface area contributed by atoms with Crippen LogP contribution in [0.3, 0.4) is 0 Å². The summed E-state index contributed by atoms with van der Waals surface area (Å²) in [7, 11) is 0. The molecular formula is C14H23N5O2. The minimum atomic E-state index is -0.342. The minimum absolute atomic E-state index is 0.0227. The van der Waals surface area contributed by atoms with Gasteiger partial charge in [-0.15, -0.1) is 10.2 Å². The lowest BCUT2D eigenvalue weighted by atomic mass is 9.99. The predicted octanol–water partition coefficient (Wildman–Crippen LogP) is 1.36. The standard InChI is InChI=1S/C14H23N5O2/c1-2-21-12(10-5-3-4-6-10)14(20)15-11(9-7-8-9)13-16-18-19-17-13/h9-12H,2-8H2,1H3,(H,15,20)(H,16,17,18,19). The summed E-state index contributed by atoms with van der Waals surface area (Å²) in [6.45, 7) is 2.50. The van der Waals surface area contributed by atoms with Crippen LogP contribution in [0.1, 0.15) is 57.3 Å². The summed E-state index contributed by atoms with van der Waals surface area (Å²) < 4.78 is 5.73. The molecule has 0 radical (unpaired) electrons. The number of hydrogen-bond acceptors (Lipinski definition) is 5. The van der Waals surface area contributed by atoms with E-state index in [0.29, 0.717) is 24.3 Å². The van der Waals surface area contributed by atoms with Crippen LogP contribution in [0.15, 0.2) is 0 Å². The first-order chi connectivity index (χ1) is 10.3. The average Bonchev–Trinajstić information content (AvgIpc) is 2.96. The van der Waals surface area contributed by atoms with Gasteiger partial charge in [-0.25, -0.2) is 0 Å². The SMILES string of the molecule is CCOC(C(=O)NC(c1nn[nH]n1)C1CC1)C1CCCC1. The molecule has 2 fully saturated rings. The Morgan fingerprint density at radius 2 is 2.10 bits per heavy atom. The van der Waals surface area contributed by atoms with E-state index in [9.17, 15) is 4.79 Å². The maximum atomic E-state index is 12.6. The highest BCUT2D eigenvalue weighted by atomic mass is 16.5. The van der Waals surface area contributed by atoms with Crippen molar-refractivity contribution in [3.05, 3.63) is 5.82 Å². The van der Waals surface area contributed by atoms with Gasteiger partial charge in [-0.3, -0.25) is 4.79 Å². The van der Waals surface area contributed by atoms with Gasteiger partial charge >= 0.3 is 0 Å². The van der Waals surface area contributed by atoms with E-state index in [1.54, 1.807) is 0 Å². The molecule has 7 nitrogen and oxygen atoms in total. The third-order valence-corrected chi connectivity index (χ3v) is 4.46. The van der Waals surface area contributed by atoms with Gasteiger partial charge in [0.05, 0.1) is 6.04 Å². The molecule has 1 aromatic heterocycles. The van der Waals surface area contributed by atoms with Gasteiger partial charge in [0.2, 0.25) is 5.91 Å². The van der Waals surface area contributed by atoms with Gasteiger partial charge in [0, 0.05) is 6.61 Å². The molecule has 1 heterocycles. The number of carbonyl (C=O) groups excluding carboxylic acids is 1. The fourth-order valence-electron chi connectivity index (χ4n) is 3.22. The second kappa shape index (κ2) is 6.51. The highest BCUT2D eigenvalue weighted by Gasteiger charge is 2.39. The van der Waals surface area contributed by atoms with Crippen LogP contribution in [0, 0.1) is 11.8 Å². The number of carbonyl (C=O) groups is 1. The molecular weight excluding hydrogens is 270 g/mol. The molecule has 1 amide bonds. The molecule has 21 heavy (non-hydrogen) atoms. The molecule has 2 N–H and O–H groups in total. The third kappa shape index (κ3) is 3.40. The highest BCUT2D eigenvalue weighted by molar-refractivity contribution is 5.81. The summed E-state index contributed by atoms with van der Waals surface area (Å²) in [6, 6.07) is -0.138. The number of nitrogens with one attached hydrogen (secondary N) is 2. The Hall–Kier alpha value is -1.50. The van der Waals surface area contributed by atoms with Crippen molar-refractivity contribution in [3.8, 4) is 0 Å². The van der Waals surface area contributed by atoms with Crippen LogP contribution in [0.25, 0.3) is 0 Å². The molecule has 2 aliphatic carbocycles. The van der Waals surface area contributed by atoms with Gasteiger partial charge in [0.15, 0.2) is 5.82 Å². The predicted molar refractivity (Wildman–Crippen MR) is 75.2 cm³/mol. The van der Waals surface area contributed by atoms with Gasteiger partial charge < -0.3 is 10.1 Å². The maximum absolute atomic E-state index is 12.6. The van der Waals surface area contributed by atoms with E-state index >= 15 is 0 Å². The number of amides is 1. The van der Waals surface area contributed by atoms with E-state index in [0.717, 1.165) is 25.7 Å². The van der Waals surface area contributed by atoms with E-state index in [1.807, 2.05) is 6.92 Å². The van der Waals surface area contributed by atoms with E-state index in [2.05, 4.69) is 25.9 Å². The van der Waals surface area contributed by atoms with Crippen molar-refractivity contribution >= 4 is 5.91 Å². The summed E-state index contributed by atoms with van der Waals surface area (Å²) >= 11 is 0. The number of rotatable bonds is 7. The largest absolute Gasteiger partial charge is 0.368 e. The smallest absolute Gasteiger partial charge is 0.250 e. The van der Waals surface area contributed by atoms with Crippen molar-refractivity contribution in [2.45, 2.75) is 57.6 Å². The summed E-state index contributed by atoms with van der Waals surface area (Å²) in [5, 5.41) is 17.2.